The summed E-state index contributed by atoms with van der Waals surface area (Å²) in [6, 6.07) is 0. The van der Waals surface area contributed by atoms with Crippen molar-refractivity contribution in [2.45, 2.75) is 52.4 Å². The quantitative estimate of drug-likeness (QED) is 0.575. The number of rotatable bonds is 2. The topological polar surface area (TPSA) is 17.1 Å². The third-order valence-electron chi connectivity index (χ3n) is 2.73. The smallest absolute Gasteiger partial charge is 0.158 e. The average Bonchev–Trinajstić information content (AvgIpc) is 2.17. The average molecular weight is 166 g/mol. The molecule has 0 radical (unpaired) electrons. The van der Waals surface area contributed by atoms with Crippen LogP contribution >= 0.6 is 0 Å². The van der Waals surface area contributed by atoms with Crippen LogP contribution in [0, 0.1) is 0 Å². The van der Waals surface area contributed by atoms with Gasteiger partial charge < -0.3 is 0 Å². The minimum Gasteiger partial charge on any atom is -0.295 e. The molecule has 1 rings (SSSR count). The van der Waals surface area contributed by atoms with Gasteiger partial charge in [0, 0.05) is 6.42 Å². The molecular formula is C11H18O. The Bertz CT molecular complexity index is 193. The molecule has 12 heavy (non-hydrogen) atoms. The molecule has 0 aliphatic heterocycles. The van der Waals surface area contributed by atoms with Crippen LogP contribution in [0.2, 0.25) is 0 Å². The molecule has 1 aliphatic rings. The number of carbonyl (C=O) groups excluding carboxylic acids is 1. The van der Waals surface area contributed by atoms with E-state index in [4.69, 9.17) is 0 Å². The summed E-state index contributed by atoms with van der Waals surface area (Å²) in [7, 11) is 0. The predicted octanol–water partition coefficient (Wildman–Crippen LogP) is 3.25. The van der Waals surface area contributed by atoms with Crippen LogP contribution in [0.25, 0.3) is 0 Å². The number of Topliss-reactive ketones (excluding diaryl/α,β-unsaturated/α-hetero) is 1. The maximum Gasteiger partial charge on any atom is 0.158 e. The van der Waals surface area contributed by atoms with Gasteiger partial charge in [0.05, 0.1) is 0 Å². The highest BCUT2D eigenvalue weighted by molar-refractivity contribution is 5.95. The van der Waals surface area contributed by atoms with Crippen molar-refractivity contribution in [2.24, 2.45) is 0 Å². The third-order valence-corrected chi connectivity index (χ3v) is 2.73. The molecule has 0 N–H and O–H groups in total. The monoisotopic (exact) mass is 166 g/mol. The second kappa shape index (κ2) is 4.44. The normalized spacial score (nSPS) is 17.7. The van der Waals surface area contributed by atoms with Crippen LogP contribution in [0.3, 0.4) is 0 Å². The van der Waals surface area contributed by atoms with Crippen LogP contribution < -0.4 is 0 Å². The van der Waals surface area contributed by atoms with Crippen molar-refractivity contribution < 1.29 is 4.79 Å². The van der Waals surface area contributed by atoms with Gasteiger partial charge in [-0.25, -0.2) is 0 Å². The van der Waals surface area contributed by atoms with Crippen molar-refractivity contribution >= 4 is 5.78 Å². The molecule has 0 unspecified atom stereocenters. The van der Waals surface area contributed by atoms with E-state index in [1.54, 1.807) is 0 Å². The zero-order valence-electron chi connectivity index (χ0n) is 8.15. The fraction of sp³-hybridized carbons (Fsp3) is 0.727. The lowest BCUT2D eigenvalue weighted by molar-refractivity contribution is -0.115. The Balaban J connectivity index is 2.66. The lowest BCUT2D eigenvalue weighted by Crippen LogP contribution is -2.04. The lowest BCUT2D eigenvalue weighted by Gasteiger charge is -2.16. The first-order valence-electron chi connectivity index (χ1n) is 4.97. The predicted molar refractivity (Wildman–Crippen MR) is 51.1 cm³/mol. The largest absolute Gasteiger partial charge is 0.295 e. The Kier molecular flexibility index (Phi) is 3.51. The van der Waals surface area contributed by atoms with Crippen molar-refractivity contribution in [3.05, 3.63) is 11.1 Å². The van der Waals surface area contributed by atoms with E-state index in [1.165, 1.54) is 24.8 Å². The van der Waals surface area contributed by atoms with Crippen molar-refractivity contribution in [3.8, 4) is 0 Å². The van der Waals surface area contributed by atoms with Gasteiger partial charge in [-0.15, -0.1) is 0 Å². The van der Waals surface area contributed by atoms with Gasteiger partial charge in [0.2, 0.25) is 0 Å². The van der Waals surface area contributed by atoms with Crippen molar-refractivity contribution in [1.29, 1.82) is 0 Å². The Morgan fingerprint density at radius 3 is 2.33 bits per heavy atom. The molecule has 0 aromatic heterocycles. The second-order valence-electron chi connectivity index (χ2n) is 3.57. The van der Waals surface area contributed by atoms with E-state index in [9.17, 15) is 4.79 Å². The Morgan fingerprint density at radius 2 is 1.83 bits per heavy atom. The minimum atomic E-state index is 0.340. The van der Waals surface area contributed by atoms with Crippen molar-refractivity contribution in [1.82, 2.24) is 0 Å². The first-order valence-corrected chi connectivity index (χ1v) is 4.97. The molecule has 1 heteroatoms. The Morgan fingerprint density at radius 1 is 1.25 bits per heavy atom. The molecule has 0 aromatic rings. The summed E-state index contributed by atoms with van der Waals surface area (Å²) in [6.07, 6.45) is 6.90. The number of hydrogen-bond acceptors (Lipinski definition) is 1. The van der Waals surface area contributed by atoms with Crippen LogP contribution in [0.1, 0.15) is 52.4 Å². The van der Waals surface area contributed by atoms with Crippen molar-refractivity contribution in [3.63, 3.8) is 0 Å². The fourth-order valence-electron chi connectivity index (χ4n) is 1.82. The van der Waals surface area contributed by atoms with Crippen molar-refractivity contribution in [2.75, 3.05) is 0 Å². The standard InChI is InChI=1S/C11H18O/c1-3-11(12)9(2)10-7-5-4-6-8-10/h3-8H2,1-2H3. The zero-order chi connectivity index (χ0) is 8.97. The summed E-state index contributed by atoms with van der Waals surface area (Å²) < 4.78 is 0. The summed E-state index contributed by atoms with van der Waals surface area (Å²) >= 11 is 0. The molecule has 0 amide bonds. The van der Waals surface area contributed by atoms with Gasteiger partial charge in [0.25, 0.3) is 0 Å². The summed E-state index contributed by atoms with van der Waals surface area (Å²) in [5.74, 6) is 0.340. The SMILES string of the molecule is CCC(=O)C(C)=C1CCCCC1. The molecule has 68 valence electrons. The molecule has 0 heterocycles. The number of allylic oxidation sites excluding steroid dienone is 2. The van der Waals surface area contributed by atoms with Crippen LogP contribution in [-0.2, 0) is 4.79 Å². The van der Waals surface area contributed by atoms with Crippen LogP contribution in [0.4, 0.5) is 0 Å². The fourth-order valence-corrected chi connectivity index (χ4v) is 1.82. The summed E-state index contributed by atoms with van der Waals surface area (Å²) in [6.45, 7) is 3.93. The third kappa shape index (κ3) is 2.20. The Labute approximate surface area is 74.9 Å². The molecule has 1 saturated carbocycles. The van der Waals surface area contributed by atoms with E-state index in [0.29, 0.717) is 12.2 Å². The molecule has 0 aromatic carbocycles. The van der Waals surface area contributed by atoms with E-state index in [0.717, 1.165) is 18.4 Å². The molecule has 0 atom stereocenters. The minimum absolute atomic E-state index is 0.340. The molecule has 1 aliphatic carbocycles. The van der Waals surface area contributed by atoms with E-state index in [-0.39, 0.29) is 0 Å². The van der Waals surface area contributed by atoms with Crippen LogP contribution in [0.5, 0.6) is 0 Å². The van der Waals surface area contributed by atoms with E-state index in [1.807, 2.05) is 13.8 Å². The van der Waals surface area contributed by atoms with Gasteiger partial charge in [0.1, 0.15) is 0 Å². The highest BCUT2D eigenvalue weighted by atomic mass is 16.1. The Hall–Kier alpha value is -0.590. The van der Waals surface area contributed by atoms with E-state index in [2.05, 4.69) is 0 Å². The van der Waals surface area contributed by atoms with Gasteiger partial charge in [-0.05, 0) is 38.2 Å². The maximum absolute atomic E-state index is 11.4. The maximum atomic E-state index is 11.4. The molecule has 0 spiro atoms. The summed E-state index contributed by atoms with van der Waals surface area (Å²) in [5.41, 5.74) is 2.48. The molecule has 0 bridgehead atoms. The molecule has 1 fully saturated rings. The molecule has 0 saturated heterocycles. The highest BCUT2D eigenvalue weighted by Gasteiger charge is 2.11. The number of hydrogen-bond donors (Lipinski definition) is 0. The number of carbonyl (C=O) groups is 1. The first kappa shape index (κ1) is 9.50. The summed E-state index contributed by atoms with van der Waals surface area (Å²) in [5, 5.41) is 0. The van der Waals surface area contributed by atoms with Gasteiger partial charge >= 0.3 is 0 Å². The van der Waals surface area contributed by atoms with Gasteiger partial charge in [-0.3, -0.25) is 4.79 Å². The second-order valence-corrected chi connectivity index (χ2v) is 3.57. The van der Waals surface area contributed by atoms with Crippen LogP contribution in [0.15, 0.2) is 11.1 Å². The van der Waals surface area contributed by atoms with Crippen LogP contribution in [-0.4, -0.2) is 5.78 Å². The van der Waals surface area contributed by atoms with Gasteiger partial charge in [-0.2, -0.15) is 0 Å². The van der Waals surface area contributed by atoms with E-state index >= 15 is 0 Å². The van der Waals surface area contributed by atoms with Gasteiger partial charge in [-0.1, -0.05) is 18.9 Å². The first-order chi connectivity index (χ1) is 5.75. The molecule has 1 nitrogen and oxygen atoms in total. The zero-order valence-corrected chi connectivity index (χ0v) is 8.15. The lowest BCUT2D eigenvalue weighted by atomic mass is 9.90. The van der Waals surface area contributed by atoms with E-state index < -0.39 is 0 Å². The highest BCUT2D eigenvalue weighted by Crippen LogP contribution is 2.26. The summed E-state index contributed by atoms with van der Waals surface area (Å²) in [4.78, 5) is 11.4. The van der Waals surface area contributed by atoms with Gasteiger partial charge in [0.15, 0.2) is 5.78 Å². The molecular weight excluding hydrogens is 148 g/mol. The number of ketones is 1.